The van der Waals surface area contributed by atoms with Gasteiger partial charge in [0.15, 0.2) is 5.54 Å². The minimum atomic E-state index is -0.823. The number of amides is 1. The molecular weight excluding hydrogens is 302 g/mol. The first kappa shape index (κ1) is 15.3. The van der Waals surface area contributed by atoms with Crippen molar-refractivity contribution in [2.75, 3.05) is 18.5 Å². The number of aromatic nitrogens is 3. The maximum absolute atomic E-state index is 12.9. The first-order valence-corrected chi connectivity index (χ1v) is 8.63. The van der Waals surface area contributed by atoms with Crippen LogP contribution >= 0.6 is 0 Å². The van der Waals surface area contributed by atoms with Crippen LogP contribution in [0.5, 0.6) is 0 Å². The zero-order valence-electron chi connectivity index (χ0n) is 14.2. The summed E-state index contributed by atoms with van der Waals surface area (Å²) in [4.78, 5) is 14.6. The number of hydrogen-bond donors (Lipinski definition) is 1. The Morgan fingerprint density at radius 3 is 2.96 bits per heavy atom. The molecule has 2 unspecified atom stereocenters. The smallest absolute Gasteiger partial charge is 0.259 e. The Morgan fingerprint density at radius 1 is 1.33 bits per heavy atom. The fraction of sp³-hybridized carbons (Fsp3) is 0.500. The Morgan fingerprint density at radius 2 is 2.17 bits per heavy atom. The number of carbonyl (C=O) groups is 1. The molecule has 24 heavy (non-hydrogen) atoms. The van der Waals surface area contributed by atoms with Crippen LogP contribution in [0, 0.1) is 0 Å². The number of likely N-dealkylation sites (N-methyl/N-ethyl adjacent to an activating group) is 1. The number of nitrogens with zero attached hydrogens (tertiary/aromatic N) is 4. The molecule has 1 aromatic carbocycles. The highest BCUT2D eigenvalue weighted by atomic mass is 16.2. The molecule has 2 aliphatic rings. The van der Waals surface area contributed by atoms with Crippen molar-refractivity contribution in [3.63, 3.8) is 0 Å². The van der Waals surface area contributed by atoms with Crippen LogP contribution in [0.15, 0.2) is 30.5 Å². The van der Waals surface area contributed by atoms with E-state index in [2.05, 4.69) is 15.6 Å². The average molecular weight is 325 g/mol. The minimum absolute atomic E-state index is 0.0240. The van der Waals surface area contributed by atoms with E-state index in [0.29, 0.717) is 6.04 Å². The van der Waals surface area contributed by atoms with Crippen LogP contribution in [0.25, 0.3) is 0 Å². The van der Waals surface area contributed by atoms with Gasteiger partial charge in [0.05, 0.1) is 11.9 Å². The second-order valence-corrected chi connectivity index (χ2v) is 6.96. The van der Waals surface area contributed by atoms with E-state index in [-0.39, 0.29) is 5.91 Å². The van der Waals surface area contributed by atoms with E-state index in [9.17, 15) is 4.79 Å². The fourth-order valence-corrected chi connectivity index (χ4v) is 3.91. The molecule has 2 aromatic rings. The number of rotatable bonds is 3. The van der Waals surface area contributed by atoms with Gasteiger partial charge in [0.2, 0.25) is 0 Å². The van der Waals surface area contributed by atoms with Gasteiger partial charge in [0, 0.05) is 30.8 Å². The highest BCUT2D eigenvalue weighted by Crippen LogP contribution is 2.41. The molecule has 0 spiro atoms. The van der Waals surface area contributed by atoms with Gasteiger partial charge in [-0.25, -0.2) is 4.68 Å². The summed E-state index contributed by atoms with van der Waals surface area (Å²) >= 11 is 0. The predicted octanol–water partition coefficient (Wildman–Crippen LogP) is 1.70. The molecule has 1 aromatic heterocycles. The van der Waals surface area contributed by atoms with Crippen LogP contribution in [0.1, 0.15) is 37.4 Å². The van der Waals surface area contributed by atoms with Crippen LogP contribution in [0.2, 0.25) is 0 Å². The van der Waals surface area contributed by atoms with Crippen LogP contribution in [0.3, 0.4) is 0 Å². The molecule has 0 bridgehead atoms. The second-order valence-electron chi connectivity index (χ2n) is 6.96. The summed E-state index contributed by atoms with van der Waals surface area (Å²) in [5.74, 6) is 0.0240. The highest BCUT2D eigenvalue weighted by Gasteiger charge is 2.48. The number of hydrogen-bond acceptors (Lipinski definition) is 4. The molecule has 1 N–H and O–H groups in total. The standard InChI is InChI=1S/C18H23N5O/c1-18(15-8-3-4-9-16(15)22(2)17(18)24)23-12-14(20-21-23)11-13-7-5-6-10-19-13/h3-4,8-9,12-13,19H,5-7,10-11H2,1-2H3. The third-order valence-corrected chi connectivity index (χ3v) is 5.38. The maximum atomic E-state index is 12.9. The Bertz CT molecular complexity index is 764. The lowest BCUT2D eigenvalue weighted by atomic mass is 9.94. The molecule has 0 radical (unpaired) electrons. The molecular formula is C18H23N5O. The Balaban J connectivity index is 1.65. The Kier molecular flexibility index (Phi) is 3.64. The van der Waals surface area contributed by atoms with Crippen LogP contribution < -0.4 is 10.2 Å². The van der Waals surface area contributed by atoms with E-state index in [1.54, 1.807) is 9.58 Å². The van der Waals surface area contributed by atoms with E-state index in [0.717, 1.165) is 29.9 Å². The van der Waals surface area contributed by atoms with E-state index in [1.165, 1.54) is 19.3 Å². The Labute approximate surface area is 141 Å². The van der Waals surface area contributed by atoms with Gasteiger partial charge in [-0.2, -0.15) is 0 Å². The molecule has 1 amide bonds. The number of piperidine rings is 1. The van der Waals surface area contributed by atoms with Crippen LogP contribution in [-0.2, 0) is 16.8 Å². The molecule has 0 aliphatic carbocycles. The first-order valence-electron chi connectivity index (χ1n) is 8.63. The lowest BCUT2D eigenvalue weighted by Crippen LogP contribution is -2.42. The number of fused-ring (bicyclic) bond motifs is 1. The molecule has 0 saturated carbocycles. The number of nitrogens with one attached hydrogen (secondary N) is 1. The average Bonchev–Trinajstić information content (AvgIpc) is 3.16. The number of benzene rings is 1. The molecule has 1 fully saturated rings. The maximum Gasteiger partial charge on any atom is 0.259 e. The molecule has 1 saturated heterocycles. The van der Waals surface area contributed by atoms with Crippen molar-refractivity contribution in [3.05, 3.63) is 41.7 Å². The second kappa shape index (κ2) is 5.70. The number of anilines is 1. The summed E-state index contributed by atoms with van der Waals surface area (Å²) in [6.07, 6.45) is 6.49. The first-order chi connectivity index (χ1) is 11.6. The van der Waals surface area contributed by atoms with Gasteiger partial charge >= 0.3 is 0 Å². The van der Waals surface area contributed by atoms with Gasteiger partial charge in [0.25, 0.3) is 5.91 Å². The van der Waals surface area contributed by atoms with Crippen LogP contribution in [-0.4, -0.2) is 40.5 Å². The lowest BCUT2D eigenvalue weighted by molar-refractivity contribution is -0.123. The quantitative estimate of drug-likeness (QED) is 0.933. The fourth-order valence-electron chi connectivity index (χ4n) is 3.91. The molecule has 6 nitrogen and oxygen atoms in total. The van der Waals surface area contributed by atoms with E-state index in [4.69, 9.17) is 0 Å². The van der Waals surface area contributed by atoms with Gasteiger partial charge in [0.1, 0.15) is 0 Å². The normalized spacial score (nSPS) is 26.7. The topological polar surface area (TPSA) is 63.1 Å². The van der Waals surface area contributed by atoms with E-state index in [1.807, 2.05) is 44.4 Å². The van der Waals surface area contributed by atoms with Gasteiger partial charge in [-0.1, -0.05) is 29.8 Å². The van der Waals surface area contributed by atoms with E-state index >= 15 is 0 Å². The van der Waals surface area contributed by atoms with Gasteiger partial charge in [-0.15, -0.1) is 5.10 Å². The lowest BCUT2D eigenvalue weighted by Gasteiger charge is -2.23. The van der Waals surface area contributed by atoms with Gasteiger partial charge in [-0.05, 0) is 32.4 Å². The van der Waals surface area contributed by atoms with Gasteiger partial charge < -0.3 is 10.2 Å². The molecule has 4 rings (SSSR count). The zero-order valence-corrected chi connectivity index (χ0v) is 14.2. The van der Waals surface area contributed by atoms with Crippen molar-refractivity contribution >= 4 is 11.6 Å². The number of para-hydroxylation sites is 1. The van der Waals surface area contributed by atoms with Gasteiger partial charge in [-0.3, -0.25) is 4.79 Å². The van der Waals surface area contributed by atoms with Crippen LogP contribution in [0.4, 0.5) is 5.69 Å². The molecule has 126 valence electrons. The Hall–Kier alpha value is -2.21. The summed E-state index contributed by atoms with van der Waals surface area (Å²) in [5, 5.41) is 12.2. The largest absolute Gasteiger partial charge is 0.314 e. The minimum Gasteiger partial charge on any atom is -0.314 e. The van der Waals surface area contributed by atoms with Crippen molar-refractivity contribution in [2.45, 2.75) is 44.2 Å². The molecule has 2 aliphatic heterocycles. The molecule has 3 heterocycles. The SMILES string of the molecule is CN1C(=O)C(C)(n2cc(CC3CCCCN3)nn2)c2ccccc21. The highest BCUT2D eigenvalue weighted by molar-refractivity contribution is 6.07. The summed E-state index contributed by atoms with van der Waals surface area (Å²) in [6, 6.07) is 8.36. The van der Waals surface area contributed by atoms with Crippen molar-refractivity contribution in [2.24, 2.45) is 0 Å². The summed E-state index contributed by atoms with van der Waals surface area (Å²) in [6.45, 7) is 3.00. The van der Waals surface area contributed by atoms with Crippen molar-refractivity contribution in [3.8, 4) is 0 Å². The van der Waals surface area contributed by atoms with Crippen molar-refractivity contribution < 1.29 is 4.79 Å². The number of carbonyl (C=O) groups excluding carboxylic acids is 1. The zero-order chi connectivity index (χ0) is 16.7. The van der Waals surface area contributed by atoms with Crippen molar-refractivity contribution in [1.29, 1.82) is 0 Å². The summed E-state index contributed by atoms with van der Waals surface area (Å²) in [5.41, 5.74) is 2.03. The third kappa shape index (κ3) is 2.24. The molecule has 2 atom stereocenters. The summed E-state index contributed by atoms with van der Waals surface area (Å²) < 4.78 is 1.73. The van der Waals surface area contributed by atoms with Crippen molar-refractivity contribution in [1.82, 2.24) is 20.3 Å². The monoisotopic (exact) mass is 325 g/mol. The van der Waals surface area contributed by atoms with E-state index < -0.39 is 5.54 Å². The third-order valence-electron chi connectivity index (χ3n) is 5.38. The molecule has 6 heteroatoms. The predicted molar refractivity (Wildman–Crippen MR) is 92.0 cm³/mol. The summed E-state index contributed by atoms with van der Waals surface area (Å²) in [7, 11) is 1.82.